The van der Waals surface area contributed by atoms with Crippen LogP contribution in [0.4, 0.5) is 5.69 Å². The molecule has 1 aliphatic heterocycles. The lowest BCUT2D eigenvalue weighted by molar-refractivity contribution is -0.142. The number of esters is 1. The van der Waals surface area contributed by atoms with Gasteiger partial charge in [-0.3, -0.25) is 4.79 Å². The average molecular weight is 421 g/mol. The highest BCUT2D eigenvalue weighted by molar-refractivity contribution is 7.89. The van der Waals surface area contributed by atoms with Gasteiger partial charge >= 0.3 is 5.97 Å². The summed E-state index contributed by atoms with van der Waals surface area (Å²) < 4.78 is 31.3. The minimum atomic E-state index is -3.49. The monoisotopic (exact) mass is 420 g/mol. The van der Waals surface area contributed by atoms with Gasteiger partial charge in [-0.05, 0) is 54.6 Å². The molecule has 1 N–H and O–H groups in total. The van der Waals surface area contributed by atoms with Crippen LogP contribution in [0.3, 0.4) is 0 Å². The fourth-order valence-electron chi connectivity index (χ4n) is 2.71. The van der Waals surface area contributed by atoms with Crippen LogP contribution < -0.4 is 5.32 Å². The molecular weight excluding hydrogens is 400 g/mol. The molecule has 0 bridgehead atoms. The second-order valence-electron chi connectivity index (χ2n) is 6.14. The van der Waals surface area contributed by atoms with Gasteiger partial charge in [0.25, 0.3) is 5.91 Å². The SMILES string of the molecule is O=C(COC(=O)/C=C/c1cccs1)Nc1ccc(S(=O)(=O)N2CCCC2)cc1. The summed E-state index contributed by atoms with van der Waals surface area (Å²) in [5, 5.41) is 4.46. The van der Waals surface area contributed by atoms with Crippen LogP contribution in [0, 0.1) is 0 Å². The van der Waals surface area contributed by atoms with Crippen LogP contribution in [-0.4, -0.2) is 44.3 Å². The van der Waals surface area contributed by atoms with Crippen molar-refractivity contribution < 1.29 is 22.7 Å². The number of thiophene rings is 1. The van der Waals surface area contributed by atoms with Crippen LogP contribution in [-0.2, 0) is 24.3 Å². The number of rotatable bonds is 7. The molecule has 1 saturated heterocycles. The molecule has 1 aromatic carbocycles. The predicted molar refractivity (Wildman–Crippen MR) is 107 cm³/mol. The van der Waals surface area contributed by atoms with Gasteiger partial charge in [0.2, 0.25) is 10.0 Å². The summed E-state index contributed by atoms with van der Waals surface area (Å²) in [6, 6.07) is 9.66. The Hall–Kier alpha value is -2.49. The molecule has 0 saturated carbocycles. The highest BCUT2D eigenvalue weighted by Gasteiger charge is 2.26. The summed E-state index contributed by atoms with van der Waals surface area (Å²) >= 11 is 1.48. The predicted octanol–water partition coefficient (Wildman–Crippen LogP) is 2.73. The van der Waals surface area contributed by atoms with E-state index in [0.717, 1.165) is 17.7 Å². The molecule has 0 spiro atoms. The first-order valence-corrected chi connectivity index (χ1v) is 11.1. The molecule has 7 nitrogen and oxygen atoms in total. The number of sulfonamides is 1. The van der Waals surface area contributed by atoms with Crippen molar-refractivity contribution in [1.82, 2.24) is 4.31 Å². The minimum Gasteiger partial charge on any atom is -0.452 e. The molecule has 0 atom stereocenters. The number of hydrogen-bond acceptors (Lipinski definition) is 6. The van der Waals surface area contributed by atoms with Crippen LogP contribution in [0.2, 0.25) is 0 Å². The van der Waals surface area contributed by atoms with Crippen molar-refractivity contribution in [1.29, 1.82) is 0 Å². The van der Waals surface area contributed by atoms with Crippen molar-refractivity contribution in [2.45, 2.75) is 17.7 Å². The quantitative estimate of drug-likeness (QED) is 0.549. The number of anilines is 1. The van der Waals surface area contributed by atoms with Crippen LogP contribution >= 0.6 is 11.3 Å². The lowest BCUT2D eigenvalue weighted by Gasteiger charge is -2.15. The molecule has 0 radical (unpaired) electrons. The molecule has 1 amide bonds. The number of hydrogen-bond donors (Lipinski definition) is 1. The van der Waals surface area contributed by atoms with Gasteiger partial charge in [-0.2, -0.15) is 4.31 Å². The molecule has 1 aromatic heterocycles. The van der Waals surface area contributed by atoms with E-state index in [9.17, 15) is 18.0 Å². The van der Waals surface area contributed by atoms with E-state index >= 15 is 0 Å². The summed E-state index contributed by atoms with van der Waals surface area (Å²) in [4.78, 5) is 24.6. The van der Waals surface area contributed by atoms with Crippen molar-refractivity contribution in [2.75, 3.05) is 25.0 Å². The minimum absolute atomic E-state index is 0.192. The number of carbonyl (C=O) groups excluding carboxylic acids is 2. The van der Waals surface area contributed by atoms with Crippen LogP contribution in [0.15, 0.2) is 52.7 Å². The van der Waals surface area contributed by atoms with E-state index in [1.54, 1.807) is 6.08 Å². The second kappa shape index (κ2) is 9.13. The molecule has 9 heteroatoms. The number of carbonyl (C=O) groups is 2. The molecule has 2 aromatic rings. The van der Waals surface area contributed by atoms with Gasteiger partial charge in [0.1, 0.15) is 0 Å². The van der Waals surface area contributed by atoms with E-state index in [2.05, 4.69) is 5.32 Å². The standard InChI is InChI=1S/C19H20N2O5S2/c22-18(14-26-19(23)10-7-16-4-3-13-27-16)20-15-5-8-17(9-6-15)28(24,25)21-11-1-2-12-21/h3-10,13H,1-2,11-12,14H2,(H,20,22)/b10-7+. The first kappa shape index (κ1) is 20.2. The molecule has 3 rings (SSSR count). The van der Waals surface area contributed by atoms with E-state index in [0.29, 0.717) is 18.8 Å². The van der Waals surface area contributed by atoms with E-state index in [1.165, 1.54) is 46.0 Å². The Bertz CT molecular complexity index is 945. The maximum absolute atomic E-state index is 12.5. The molecule has 0 unspecified atom stereocenters. The lowest BCUT2D eigenvalue weighted by Crippen LogP contribution is -2.27. The Morgan fingerprint density at radius 2 is 1.86 bits per heavy atom. The number of nitrogens with one attached hydrogen (secondary N) is 1. The summed E-state index contributed by atoms with van der Waals surface area (Å²) in [5.74, 6) is -1.12. The zero-order valence-corrected chi connectivity index (χ0v) is 16.7. The summed E-state index contributed by atoms with van der Waals surface area (Å²) in [5.41, 5.74) is 0.426. The van der Waals surface area contributed by atoms with Gasteiger partial charge in [0, 0.05) is 29.7 Å². The van der Waals surface area contributed by atoms with E-state index in [4.69, 9.17) is 4.74 Å². The third kappa shape index (κ3) is 5.28. The van der Waals surface area contributed by atoms with Gasteiger partial charge in [0.15, 0.2) is 6.61 Å². The summed E-state index contributed by atoms with van der Waals surface area (Å²) in [7, 11) is -3.49. The van der Waals surface area contributed by atoms with Crippen molar-refractivity contribution in [3.05, 3.63) is 52.7 Å². The van der Waals surface area contributed by atoms with Crippen molar-refractivity contribution in [2.24, 2.45) is 0 Å². The second-order valence-corrected chi connectivity index (χ2v) is 9.06. The topological polar surface area (TPSA) is 92.8 Å². The number of nitrogens with zero attached hydrogens (tertiary/aromatic N) is 1. The molecule has 2 heterocycles. The summed E-state index contributed by atoms with van der Waals surface area (Å²) in [6.07, 6.45) is 4.62. The van der Waals surface area contributed by atoms with Gasteiger partial charge in [-0.1, -0.05) is 6.07 Å². The Labute approximate surface area is 167 Å². The van der Waals surface area contributed by atoms with Crippen molar-refractivity contribution in [3.63, 3.8) is 0 Å². The molecule has 0 aliphatic carbocycles. The van der Waals surface area contributed by atoms with Gasteiger partial charge in [-0.15, -0.1) is 11.3 Å². The Morgan fingerprint density at radius 3 is 2.50 bits per heavy atom. The third-order valence-electron chi connectivity index (χ3n) is 4.11. The number of benzene rings is 1. The molecule has 28 heavy (non-hydrogen) atoms. The van der Waals surface area contributed by atoms with E-state index in [-0.39, 0.29) is 4.90 Å². The Morgan fingerprint density at radius 1 is 1.14 bits per heavy atom. The highest BCUT2D eigenvalue weighted by atomic mass is 32.2. The number of amides is 1. The first-order chi connectivity index (χ1) is 13.4. The zero-order valence-electron chi connectivity index (χ0n) is 15.0. The molecule has 1 aliphatic rings. The highest BCUT2D eigenvalue weighted by Crippen LogP contribution is 2.22. The molecule has 1 fully saturated rings. The van der Waals surface area contributed by atoms with Crippen molar-refractivity contribution in [3.8, 4) is 0 Å². The Balaban J connectivity index is 1.49. The molecular formula is C19H20N2O5S2. The van der Waals surface area contributed by atoms with E-state index in [1.807, 2.05) is 17.5 Å². The fraction of sp³-hybridized carbons (Fsp3) is 0.263. The maximum Gasteiger partial charge on any atom is 0.331 e. The normalized spacial score (nSPS) is 15.0. The lowest BCUT2D eigenvalue weighted by atomic mass is 10.3. The van der Waals surface area contributed by atoms with Crippen LogP contribution in [0.25, 0.3) is 6.08 Å². The average Bonchev–Trinajstić information content (AvgIpc) is 3.39. The van der Waals surface area contributed by atoms with Gasteiger partial charge in [0.05, 0.1) is 4.90 Å². The summed E-state index contributed by atoms with van der Waals surface area (Å²) in [6.45, 7) is 0.641. The van der Waals surface area contributed by atoms with Crippen LogP contribution in [0.1, 0.15) is 17.7 Å². The van der Waals surface area contributed by atoms with Gasteiger partial charge in [-0.25, -0.2) is 13.2 Å². The molecule has 148 valence electrons. The van der Waals surface area contributed by atoms with Gasteiger partial charge < -0.3 is 10.1 Å². The fourth-order valence-corrected chi connectivity index (χ4v) is 4.84. The Kier molecular flexibility index (Phi) is 6.61. The number of ether oxygens (including phenoxy) is 1. The maximum atomic E-state index is 12.5. The smallest absolute Gasteiger partial charge is 0.331 e. The zero-order chi connectivity index (χ0) is 20.0. The first-order valence-electron chi connectivity index (χ1n) is 8.73. The largest absolute Gasteiger partial charge is 0.452 e. The third-order valence-corrected chi connectivity index (χ3v) is 6.86. The van der Waals surface area contributed by atoms with Crippen molar-refractivity contribution >= 4 is 45.0 Å². The van der Waals surface area contributed by atoms with Crippen LogP contribution in [0.5, 0.6) is 0 Å². The van der Waals surface area contributed by atoms with E-state index < -0.39 is 28.5 Å².